The molecule has 8 heteroatoms. The number of nitro benzene ring substituents is 1. The fourth-order valence-corrected chi connectivity index (χ4v) is 1.59. The maximum atomic E-state index is 13.5. The molecule has 0 aliphatic rings. The molecule has 2 aromatic rings. The second-order valence-electron chi connectivity index (χ2n) is 3.92. The quantitative estimate of drug-likeness (QED) is 0.689. The number of nitrogens with zero attached hydrogens (tertiary/aromatic N) is 2. The normalized spacial score (nSPS) is 10.3. The van der Waals surface area contributed by atoms with Gasteiger partial charge >= 0.3 is 5.69 Å². The van der Waals surface area contributed by atoms with E-state index in [0.29, 0.717) is 11.6 Å². The summed E-state index contributed by atoms with van der Waals surface area (Å²) in [5.41, 5.74) is 5.22. The van der Waals surface area contributed by atoms with Gasteiger partial charge in [0, 0.05) is 11.6 Å². The molecule has 0 aliphatic heterocycles. The van der Waals surface area contributed by atoms with Crippen LogP contribution in [-0.4, -0.2) is 9.91 Å². The first kappa shape index (κ1) is 13.7. The van der Waals surface area contributed by atoms with E-state index >= 15 is 0 Å². The Balaban J connectivity index is 2.48. The lowest BCUT2D eigenvalue weighted by Gasteiger charge is -2.08. The third-order valence-corrected chi connectivity index (χ3v) is 2.51. The zero-order chi connectivity index (χ0) is 14.9. The van der Waals surface area contributed by atoms with E-state index in [4.69, 9.17) is 10.5 Å². The molecule has 20 heavy (non-hydrogen) atoms. The number of nitro groups is 1. The Kier molecular flexibility index (Phi) is 3.47. The van der Waals surface area contributed by atoms with Crippen molar-refractivity contribution >= 4 is 11.5 Å². The fourth-order valence-electron chi connectivity index (χ4n) is 1.59. The van der Waals surface area contributed by atoms with Gasteiger partial charge in [0.2, 0.25) is 5.75 Å². The number of benzene rings is 1. The number of aryl methyl sites for hydroxylation is 1. The van der Waals surface area contributed by atoms with E-state index in [1.54, 1.807) is 0 Å². The molecule has 2 N–H and O–H groups in total. The minimum Gasteiger partial charge on any atom is -0.429 e. The van der Waals surface area contributed by atoms with Crippen molar-refractivity contribution < 1.29 is 18.4 Å². The van der Waals surface area contributed by atoms with Gasteiger partial charge in [-0.1, -0.05) is 12.1 Å². The average molecular weight is 281 g/mol. The van der Waals surface area contributed by atoms with Crippen molar-refractivity contribution in [2.75, 3.05) is 5.73 Å². The molecule has 0 saturated heterocycles. The number of hydrogen-bond donors (Lipinski definition) is 1. The summed E-state index contributed by atoms with van der Waals surface area (Å²) < 4.78 is 31.5. The van der Waals surface area contributed by atoms with Gasteiger partial charge in [-0.2, -0.15) is 4.98 Å². The van der Waals surface area contributed by atoms with Gasteiger partial charge in [-0.15, -0.1) is 0 Å². The van der Waals surface area contributed by atoms with E-state index in [0.717, 1.165) is 0 Å². The molecular weight excluding hydrogens is 272 g/mol. The van der Waals surface area contributed by atoms with Crippen LogP contribution in [0.25, 0.3) is 0 Å². The van der Waals surface area contributed by atoms with Gasteiger partial charge in [0.15, 0.2) is 17.5 Å². The monoisotopic (exact) mass is 281 g/mol. The summed E-state index contributed by atoms with van der Waals surface area (Å²) in [6.45, 7) is 1.51. The van der Waals surface area contributed by atoms with Crippen molar-refractivity contribution in [1.82, 2.24) is 4.98 Å². The Hall–Kier alpha value is -2.77. The van der Waals surface area contributed by atoms with Crippen LogP contribution in [0.4, 0.5) is 20.3 Å². The molecule has 0 amide bonds. The lowest BCUT2D eigenvalue weighted by atomic mass is 10.2. The summed E-state index contributed by atoms with van der Waals surface area (Å²) in [5, 5.41) is 11.0. The third-order valence-electron chi connectivity index (χ3n) is 2.51. The second-order valence-corrected chi connectivity index (χ2v) is 3.92. The average Bonchev–Trinajstić information content (AvgIpc) is 2.35. The molecule has 1 heterocycles. The summed E-state index contributed by atoms with van der Waals surface area (Å²) in [7, 11) is 0. The van der Waals surface area contributed by atoms with Crippen molar-refractivity contribution in [2.24, 2.45) is 0 Å². The maximum Gasteiger partial charge on any atom is 0.314 e. The van der Waals surface area contributed by atoms with Crippen molar-refractivity contribution in [1.29, 1.82) is 0 Å². The van der Waals surface area contributed by atoms with Crippen molar-refractivity contribution in [3.63, 3.8) is 0 Å². The molecule has 0 fully saturated rings. The van der Waals surface area contributed by atoms with Gasteiger partial charge in [-0.05, 0) is 13.0 Å². The highest BCUT2D eigenvalue weighted by Gasteiger charge is 2.21. The van der Waals surface area contributed by atoms with E-state index in [2.05, 4.69) is 4.98 Å². The highest BCUT2D eigenvalue weighted by molar-refractivity contribution is 5.53. The van der Waals surface area contributed by atoms with Gasteiger partial charge in [-0.25, -0.2) is 8.78 Å². The number of ether oxygens (including phenoxy) is 1. The molecule has 1 aromatic carbocycles. The summed E-state index contributed by atoms with van der Waals surface area (Å²) in [5.74, 6) is -3.53. The predicted molar refractivity (Wildman–Crippen MR) is 66.5 cm³/mol. The zero-order valence-electron chi connectivity index (χ0n) is 10.3. The molecular formula is C12H9F2N3O3. The molecule has 0 bridgehead atoms. The van der Waals surface area contributed by atoms with E-state index < -0.39 is 28.3 Å². The second kappa shape index (κ2) is 5.08. The molecule has 0 saturated carbocycles. The van der Waals surface area contributed by atoms with Gasteiger partial charge < -0.3 is 10.5 Å². The van der Waals surface area contributed by atoms with Crippen molar-refractivity contribution in [3.05, 3.63) is 51.6 Å². The Morgan fingerprint density at radius 1 is 1.35 bits per heavy atom. The van der Waals surface area contributed by atoms with Crippen molar-refractivity contribution in [2.45, 2.75) is 6.92 Å². The number of para-hydroxylation sites is 1. The highest BCUT2D eigenvalue weighted by Crippen LogP contribution is 2.34. The molecule has 6 nitrogen and oxygen atoms in total. The standard InChI is InChI=1S/C12H9F2N3O3/c1-6-3-2-4-9(10(6)17(18)19)20-12-8(14)5-7(13)11(15)16-12/h2-5H,1H3,(H2,15,16). The molecule has 0 radical (unpaired) electrons. The molecule has 0 atom stereocenters. The van der Waals surface area contributed by atoms with Crippen LogP contribution in [0.3, 0.4) is 0 Å². The number of pyridine rings is 1. The van der Waals surface area contributed by atoms with Crippen LogP contribution in [0.1, 0.15) is 5.56 Å². The van der Waals surface area contributed by atoms with Crippen LogP contribution in [-0.2, 0) is 0 Å². The summed E-state index contributed by atoms with van der Waals surface area (Å²) in [6, 6.07) is 4.79. The van der Waals surface area contributed by atoms with Crippen LogP contribution in [0.2, 0.25) is 0 Å². The number of rotatable bonds is 3. The van der Waals surface area contributed by atoms with Crippen LogP contribution >= 0.6 is 0 Å². The third kappa shape index (κ3) is 2.48. The lowest BCUT2D eigenvalue weighted by molar-refractivity contribution is -0.386. The van der Waals surface area contributed by atoms with Crippen LogP contribution in [0.15, 0.2) is 24.3 Å². The molecule has 0 unspecified atom stereocenters. The number of aromatic nitrogens is 1. The lowest BCUT2D eigenvalue weighted by Crippen LogP contribution is -2.02. The summed E-state index contributed by atoms with van der Waals surface area (Å²) in [4.78, 5) is 13.7. The van der Waals surface area contributed by atoms with E-state index in [1.807, 2.05) is 0 Å². The minimum atomic E-state index is -1.10. The van der Waals surface area contributed by atoms with Gasteiger partial charge in [0.25, 0.3) is 5.88 Å². The first-order chi connectivity index (χ1) is 9.40. The number of nitrogens with two attached hydrogens (primary N) is 1. The molecule has 0 aliphatic carbocycles. The Morgan fingerprint density at radius 3 is 2.70 bits per heavy atom. The topological polar surface area (TPSA) is 91.3 Å². The maximum absolute atomic E-state index is 13.5. The first-order valence-electron chi connectivity index (χ1n) is 5.43. The highest BCUT2D eigenvalue weighted by atomic mass is 19.1. The van der Waals surface area contributed by atoms with Gasteiger partial charge in [0.05, 0.1) is 4.92 Å². The molecule has 104 valence electrons. The molecule has 2 rings (SSSR count). The minimum absolute atomic E-state index is 0.201. The number of nitrogen functional groups attached to an aromatic ring is 1. The van der Waals surface area contributed by atoms with Crippen LogP contribution < -0.4 is 10.5 Å². The first-order valence-corrected chi connectivity index (χ1v) is 5.43. The molecule has 1 aromatic heterocycles. The van der Waals surface area contributed by atoms with Crippen LogP contribution in [0, 0.1) is 28.7 Å². The van der Waals surface area contributed by atoms with E-state index in [9.17, 15) is 18.9 Å². The largest absolute Gasteiger partial charge is 0.429 e. The molecule has 0 spiro atoms. The predicted octanol–water partition coefficient (Wildman–Crippen LogP) is 2.95. The van der Waals surface area contributed by atoms with Gasteiger partial charge in [0.1, 0.15) is 0 Å². The van der Waals surface area contributed by atoms with Crippen molar-refractivity contribution in [3.8, 4) is 11.6 Å². The zero-order valence-corrected chi connectivity index (χ0v) is 10.3. The summed E-state index contributed by atoms with van der Waals surface area (Å²) >= 11 is 0. The van der Waals surface area contributed by atoms with Crippen LogP contribution in [0.5, 0.6) is 11.6 Å². The van der Waals surface area contributed by atoms with E-state index in [-0.39, 0.29) is 11.4 Å². The van der Waals surface area contributed by atoms with E-state index in [1.165, 1.54) is 25.1 Å². The summed E-state index contributed by atoms with van der Waals surface area (Å²) in [6.07, 6.45) is 0. The van der Waals surface area contributed by atoms with Gasteiger partial charge in [-0.3, -0.25) is 10.1 Å². The number of hydrogen-bond acceptors (Lipinski definition) is 5. The Bertz CT molecular complexity index is 692. The fraction of sp³-hybridized carbons (Fsp3) is 0.0833. The Morgan fingerprint density at radius 2 is 2.05 bits per heavy atom. The number of halogens is 2. The number of anilines is 1. The Labute approximate surface area is 112 Å². The SMILES string of the molecule is Cc1cccc(Oc2nc(N)c(F)cc2F)c1[N+](=O)[O-]. The smallest absolute Gasteiger partial charge is 0.314 e.